The first-order valence-corrected chi connectivity index (χ1v) is 21.0. The molecule has 0 aliphatic carbocycles. The van der Waals surface area contributed by atoms with Gasteiger partial charge in [-0.25, -0.2) is 0 Å². The third-order valence-corrected chi connectivity index (χ3v) is 12.7. The summed E-state index contributed by atoms with van der Waals surface area (Å²) in [7, 11) is 0. The van der Waals surface area contributed by atoms with Gasteiger partial charge in [-0.2, -0.15) is 0 Å². The van der Waals surface area contributed by atoms with E-state index >= 15 is 0 Å². The quantitative estimate of drug-likeness (QED) is 0.177. The zero-order chi connectivity index (χ0) is 39.7. The van der Waals surface area contributed by atoms with E-state index in [0.717, 1.165) is 16.7 Å². The zero-order valence-electron chi connectivity index (χ0n) is 32.6. The third-order valence-electron chi connectivity index (χ3n) is 11.5. The van der Waals surface area contributed by atoms with E-state index in [9.17, 15) is 0 Å². The van der Waals surface area contributed by atoms with Gasteiger partial charge in [-0.3, -0.25) is 0 Å². The van der Waals surface area contributed by atoms with Gasteiger partial charge >= 0.3 is 0 Å². The summed E-state index contributed by atoms with van der Waals surface area (Å²) < 4.78 is 2.68. The molecule has 4 N–H and O–H groups in total. The Labute approximate surface area is 348 Å². The maximum absolute atomic E-state index is 6.50. The molecule has 0 amide bonds. The smallest absolute Gasteiger partial charge is 0.0552 e. The third kappa shape index (κ3) is 7.17. The highest BCUT2D eigenvalue weighted by Crippen LogP contribution is 2.43. The van der Waals surface area contributed by atoms with Crippen molar-refractivity contribution in [2.75, 3.05) is 0 Å². The van der Waals surface area contributed by atoms with Crippen molar-refractivity contribution in [1.82, 2.24) is 0 Å². The molecule has 0 spiro atoms. The van der Waals surface area contributed by atoms with E-state index in [1.54, 1.807) is 0 Å². The van der Waals surface area contributed by atoms with Crippen LogP contribution in [0.3, 0.4) is 0 Å². The van der Waals surface area contributed by atoms with Crippen LogP contribution in [0.15, 0.2) is 212 Å². The van der Waals surface area contributed by atoms with Gasteiger partial charge in [0.05, 0.1) is 6.04 Å². The molecule has 1 heterocycles. The van der Waals surface area contributed by atoms with Crippen LogP contribution in [-0.2, 0) is 6.54 Å². The lowest BCUT2D eigenvalue weighted by molar-refractivity contribution is 0.875. The van der Waals surface area contributed by atoms with E-state index in [0.29, 0.717) is 6.54 Å². The van der Waals surface area contributed by atoms with Crippen LogP contribution in [0, 0.1) is 0 Å². The molecule has 0 radical (unpaired) electrons. The molecule has 0 saturated carbocycles. The van der Waals surface area contributed by atoms with Gasteiger partial charge in [0, 0.05) is 26.7 Å². The van der Waals surface area contributed by atoms with E-state index < -0.39 is 0 Å². The van der Waals surface area contributed by atoms with Gasteiger partial charge in [0.15, 0.2) is 0 Å². The van der Waals surface area contributed by atoms with Crippen LogP contribution in [0.2, 0.25) is 0 Å². The summed E-state index contributed by atoms with van der Waals surface area (Å²) >= 11 is 1.89. The minimum absolute atomic E-state index is 0.103. The summed E-state index contributed by atoms with van der Waals surface area (Å²) in [6.07, 6.45) is 0. The van der Waals surface area contributed by atoms with Gasteiger partial charge in [-0.15, -0.1) is 11.3 Å². The fourth-order valence-electron chi connectivity index (χ4n) is 8.41. The molecule has 0 aliphatic rings. The van der Waals surface area contributed by atoms with Gasteiger partial charge in [-0.05, 0) is 119 Å². The zero-order valence-corrected chi connectivity index (χ0v) is 33.4. The van der Waals surface area contributed by atoms with Crippen molar-refractivity contribution < 1.29 is 0 Å². The minimum atomic E-state index is -0.103. The first-order valence-electron chi connectivity index (χ1n) is 20.2. The minimum Gasteiger partial charge on any atom is -0.326 e. The molecular weight excluding hydrogens is 733 g/mol. The van der Waals surface area contributed by atoms with E-state index in [1.165, 1.54) is 85.9 Å². The van der Waals surface area contributed by atoms with Crippen LogP contribution in [0.5, 0.6) is 0 Å². The Morgan fingerprint density at radius 2 is 0.881 bits per heavy atom. The Kier molecular flexibility index (Phi) is 9.77. The highest BCUT2D eigenvalue weighted by molar-refractivity contribution is 7.26. The summed E-state index contributed by atoms with van der Waals surface area (Å²) in [5.74, 6) is 0. The van der Waals surface area contributed by atoms with E-state index in [-0.39, 0.29) is 6.04 Å². The molecule has 1 aromatic heterocycles. The Morgan fingerprint density at radius 1 is 0.390 bits per heavy atom. The first kappa shape index (κ1) is 36.5. The lowest BCUT2D eigenvalue weighted by Crippen LogP contribution is -2.11. The second kappa shape index (κ2) is 15.8. The summed E-state index contributed by atoms with van der Waals surface area (Å²) in [5.41, 5.74) is 23.2. The number of hydrogen-bond donors (Lipinski definition) is 2. The Bertz CT molecular complexity index is 3220. The maximum Gasteiger partial charge on any atom is 0.0552 e. The van der Waals surface area contributed by atoms with Crippen LogP contribution in [-0.4, -0.2) is 0 Å². The summed E-state index contributed by atoms with van der Waals surface area (Å²) in [6.45, 7) is 0.550. The van der Waals surface area contributed by atoms with Crippen molar-refractivity contribution in [3.05, 3.63) is 229 Å². The lowest BCUT2D eigenvalue weighted by atomic mass is 9.95. The van der Waals surface area contributed by atoms with Gasteiger partial charge in [0.25, 0.3) is 0 Å². The van der Waals surface area contributed by atoms with Gasteiger partial charge in [0.1, 0.15) is 0 Å². The van der Waals surface area contributed by atoms with Gasteiger partial charge in [-0.1, -0.05) is 176 Å². The second-order valence-corrected chi connectivity index (χ2v) is 16.3. The number of benzene rings is 10. The maximum atomic E-state index is 6.50. The number of thiophene rings is 1. The summed E-state index contributed by atoms with van der Waals surface area (Å²) in [4.78, 5) is 0. The molecule has 3 heteroatoms. The molecule has 282 valence electrons. The number of rotatable bonds is 6. The van der Waals surface area contributed by atoms with Crippen LogP contribution in [0.1, 0.15) is 22.7 Å². The molecule has 0 fully saturated rings. The van der Waals surface area contributed by atoms with E-state index in [2.05, 4.69) is 212 Å². The topological polar surface area (TPSA) is 52.0 Å². The van der Waals surface area contributed by atoms with Crippen molar-refractivity contribution in [3.63, 3.8) is 0 Å². The number of hydrogen-bond acceptors (Lipinski definition) is 3. The fourth-order valence-corrected chi connectivity index (χ4v) is 9.67. The number of nitrogens with two attached hydrogens (primary N) is 2. The molecular formula is C56H42N2S. The molecule has 59 heavy (non-hydrogen) atoms. The van der Waals surface area contributed by atoms with Crippen LogP contribution in [0.4, 0.5) is 0 Å². The molecule has 10 aromatic carbocycles. The van der Waals surface area contributed by atoms with E-state index in [1.807, 2.05) is 11.3 Å². The molecule has 11 aromatic rings. The van der Waals surface area contributed by atoms with Gasteiger partial charge in [0.2, 0.25) is 0 Å². The van der Waals surface area contributed by atoms with Crippen molar-refractivity contribution in [2.24, 2.45) is 11.5 Å². The van der Waals surface area contributed by atoms with Crippen LogP contribution >= 0.6 is 11.3 Å². The largest absolute Gasteiger partial charge is 0.326 e. The molecule has 0 aliphatic heterocycles. The molecule has 0 saturated heterocycles. The second-order valence-electron chi connectivity index (χ2n) is 15.2. The van der Waals surface area contributed by atoms with Crippen LogP contribution < -0.4 is 11.5 Å². The fraction of sp³-hybridized carbons (Fsp3) is 0.0357. The Balaban J connectivity index is 0.000000163. The SMILES string of the molecule is NC(c1ccc2ccccc2c1)c1ccc2ccccc2c1.NCc1cccc(-c2cccc(-c3cccc(-c4cccc5c4sc4ccc6ccccc6c45)c3)c2)c1. The summed E-state index contributed by atoms with van der Waals surface area (Å²) in [6, 6.07) is 75.7. The normalized spacial score (nSPS) is 11.4. The highest BCUT2D eigenvalue weighted by atomic mass is 32.1. The van der Waals surface area contributed by atoms with Crippen molar-refractivity contribution in [1.29, 1.82) is 0 Å². The Hall–Kier alpha value is -6.88. The number of fused-ring (bicyclic) bond motifs is 7. The van der Waals surface area contributed by atoms with Crippen molar-refractivity contribution in [2.45, 2.75) is 12.6 Å². The predicted molar refractivity (Wildman–Crippen MR) is 255 cm³/mol. The average molecular weight is 775 g/mol. The van der Waals surface area contributed by atoms with Crippen LogP contribution in [0.25, 0.3) is 85.9 Å². The predicted octanol–water partition coefficient (Wildman–Crippen LogP) is 14.7. The molecule has 0 bridgehead atoms. The molecule has 11 rings (SSSR count). The molecule has 0 atom stereocenters. The monoisotopic (exact) mass is 774 g/mol. The standard InChI is InChI=1S/C35H25NS.C21H17N/c36-22-23-7-3-9-25(19-23)26-10-4-11-27(20-26)28-12-5-13-29(21-28)31-15-6-16-32-34-30-14-2-1-8-24(30)17-18-33(34)37-35(31)32;22-21(19-11-9-15-5-1-3-7-17(15)13-19)20-12-10-16-6-2-4-8-18(16)14-20/h1-21H,22,36H2;1-14,21H,22H2. The summed E-state index contributed by atoms with van der Waals surface area (Å²) in [5, 5.41) is 10.3. The van der Waals surface area contributed by atoms with Crippen molar-refractivity contribution >= 4 is 63.8 Å². The first-order chi connectivity index (χ1) is 29.1. The lowest BCUT2D eigenvalue weighted by Gasteiger charge is -2.14. The van der Waals surface area contributed by atoms with Crippen molar-refractivity contribution in [3.8, 4) is 33.4 Å². The van der Waals surface area contributed by atoms with E-state index in [4.69, 9.17) is 11.5 Å². The Morgan fingerprint density at radius 3 is 1.53 bits per heavy atom. The van der Waals surface area contributed by atoms with Gasteiger partial charge < -0.3 is 11.5 Å². The average Bonchev–Trinajstić information content (AvgIpc) is 3.71. The molecule has 2 nitrogen and oxygen atoms in total. The highest BCUT2D eigenvalue weighted by Gasteiger charge is 2.14. The molecule has 0 unspecified atom stereocenters.